The largest absolute Gasteiger partial charge is 0.324 e. The maximum atomic E-state index is 13.6. The van der Waals surface area contributed by atoms with Crippen LogP contribution in [0.2, 0.25) is 0 Å². The van der Waals surface area contributed by atoms with E-state index in [1.165, 1.54) is 29.2 Å². The predicted octanol–water partition coefficient (Wildman–Crippen LogP) is 3.80. The molecule has 1 heterocycles. The van der Waals surface area contributed by atoms with E-state index in [2.05, 4.69) is 4.98 Å². The minimum Gasteiger partial charge on any atom is -0.324 e. The van der Waals surface area contributed by atoms with Crippen molar-refractivity contribution in [2.24, 2.45) is 0 Å². The number of pyridine rings is 1. The first-order chi connectivity index (χ1) is 9.02. The average molecular weight is 270 g/mol. The van der Waals surface area contributed by atoms with Crippen LogP contribution in [0.25, 0.3) is 0 Å². The van der Waals surface area contributed by atoms with Crippen molar-refractivity contribution in [3.8, 4) is 0 Å². The molecule has 0 radical (unpaired) electrons. The lowest BCUT2D eigenvalue weighted by molar-refractivity contribution is 0.464. The number of anilines is 2. The molecule has 0 atom stereocenters. The Labute approximate surface area is 107 Å². The van der Waals surface area contributed by atoms with E-state index >= 15 is 0 Å². The van der Waals surface area contributed by atoms with Crippen molar-refractivity contribution in [2.75, 3.05) is 11.4 Å². The minimum absolute atomic E-state index is 0.265. The van der Waals surface area contributed by atoms with Gasteiger partial charge in [-0.15, -0.1) is 0 Å². The molecule has 0 aliphatic carbocycles. The molecule has 2 rings (SSSR count). The Morgan fingerprint density at radius 2 is 1.63 bits per heavy atom. The Bertz CT molecular complexity index is 584. The van der Waals surface area contributed by atoms with Gasteiger partial charge in [0.05, 0.1) is 0 Å². The van der Waals surface area contributed by atoms with Gasteiger partial charge in [-0.3, -0.25) is 0 Å². The first-order valence-corrected chi connectivity index (χ1v) is 5.57. The second-order valence-electron chi connectivity index (χ2n) is 3.79. The average Bonchev–Trinajstić information content (AvgIpc) is 2.38. The zero-order valence-electron chi connectivity index (χ0n) is 10.0. The Morgan fingerprint density at radius 3 is 2.21 bits per heavy atom. The molecule has 0 spiro atoms. The molecule has 100 valence electrons. The van der Waals surface area contributed by atoms with Crippen molar-refractivity contribution in [3.05, 3.63) is 53.7 Å². The van der Waals surface area contributed by atoms with Crippen molar-refractivity contribution < 1.29 is 17.6 Å². The standard InChI is InChI=1S/C13H10F4N2/c1-2-19(9-5-3-8(14)4-6-9)13-11(16)7-10(15)12(17)18-13/h3-7H,2H2,1H3. The first kappa shape index (κ1) is 13.3. The molecule has 0 aliphatic heterocycles. The van der Waals surface area contributed by atoms with E-state index in [0.29, 0.717) is 11.8 Å². The molecule has 0 aliphatic rings. The zero-order valence-corrected chi connectivity index (χ0v) is 10.0. The van der Waals surface area contributed by atoms with Crippen molar-refractivity contribution in [1.82, 2.24) is 4.98 Å². The fourth-order valence-corrected chi connectivity index (χ4v) is 1.70. The highest BCUT2D eigenvalue weighted by Crippen LogP contribution is 2.26. The maximum absolute atomic E-state index is 13.6. The predicted molar refractivity (Wildman–Crippen MR) is 63.2 cm³/mol. The van der Waals surface area contributed by atoms with Crippen LogP contribution in [0.5, 0.6) is 0 Å². The first-order valence-electron chi connectivity index (χ1n) is 5.57. The van der Waals surface area contributed by atoms with Crippen molar-refractivity contribution in [3.63, 3.8) is 0 Å². The zero-order chi connectivity index (χ0) is 14.0. The van der Waals surface area contributed by atoms with Crippen LogP contribution >= 0.6 is 0 Å². The topological polar surface area (TPSA) is 16.1 Å². The second-order valence-corrected chi connectivity index (χ2v) is 3.79. The number of rotatable bonds is 3. The smallest absolute Gasteiger partial charge is 0.251 e. The van der Waals surface area contributed by atoms with Gasteiger partial charge in [0.1, 0.15) is 5.82 Å². The van der Waals surface area contributed by atoms with Gasteiger partial charge in [0.2, 0.25) is 0 Å². The second kappa shape index (κ2) is 5.26. The third-order valence-electron chi connectivity index (χ3n) is 2.58. The molecule has 2 nitrogen and oxygen atoms in total. The third kappa shape index (κ3) is 2.67. The highest BCUT2D eigenvalue weighted by atomic mass is 19.2. The summed E-state index contributed by atoms with van der Waals surface area (Å²) in [5.74, 6) is -4.50. The molecular formula is C13H10F4N2. The monoisotopic (exact) mass is 270 g/mol. The van der Waals surface area contributed by atoms with Crippen molar-refractivity contribution in [2.45, 2.75) is 6.92 Å². The van der Waals surface area contributed by atoms with Gasteiger partial charge in [-0.1, -0.05) is 0 Å². The molecular weight excluding hydrogens is 260 g/mol. The van der Waals surface area contributed by atoms with Crippen LogP contribution in [0.3, 0.4) is 0 Å². The Kier molecular flexibility index (Phi) is 3.69. The van der Waals surface area contributed by atoms with Gasteiger partial charge in [-0.05, 0) is 31.2 Å². The van der Waals surface area contributed by atoms with Crippen molar-refractivity contribution in [1.29, 1.82) is 0 Å². The number of halogens is 4. The van der Waals surface area contributed by atoms with Gasteiger partial charge in [-0.2, -0.15) is 9.37 Å². The fourth-order valence-electron chi connectivity index (χ4n) is 1.70. The summed E-state index contributed by atoms with van der Waals surface area (Å²) in [6.07, 6.45) is 0. The summed E-state index contributed by atoms with van der Waals surface area (Å²) in [7, 11) is 0. The fraction of sp³-hybridized carbons (Fsp3) is 0.154. The lowest BCUT2D eigenvalue weighted by Gasteiger charge is -2.22. The summed E-state index contributed by atoms with van der Waals surface area (Å²) < 4.78 is 52.4. The summed E-state index contributed by atoms with van der Waals surface area (Å²) in [5, 5.41) is 0. The van der Waals surface area contributed by atoms with Gasteiger partial charge in [-0.25, -0.2) is 13.2 Å². The van der Waals surface area contributed by atoms with Gasteiger partial charge in [0, 0.05) is 18.3 Å². The Balaban J connectivity index is 2.47. The third-order valence-corrected chi connectivity index (χ3v) is 2.58. The van der Waals surface area contributed by atoms with Crippen LogP contribution in [-0.2, 0) is 0 Å². The maximum Gasteiger partial charge on any atom is 0.251 e. The van der Waals surface area contributed by atoms with Crippen LogP contribution in [-0.4, -0.2) is 11.5 Å². The number of hydrogen-bond donors (Lipinski definition) is 0. The molecule has 0 unspecified atom stereocenters. The summed E-state index contributed by atoms with van der Waals surface area (Å²) in [6, 6.07) is 5.62. The van der Waals surface area contributed by atoms with Gasteiger partial charge in [0.25, 0.3) is 5.95 Å². The molecule has 0 fully saturated rings. The van der Waals surface area contributed by atoms with Gasteiger partial charge >= 0.3 is 0 Å². The highest BCUT2D eigenvalue weighted by molar-refractivity contribution is 5.60. The van der Waals surface area contributed by atoms with Crippen molar-refractivity contribution >= 4 is 11.5 Å². The van der Waals surface area contributed by atoms with E-state index in [4.69, 9.17) is 0 Å². The normalized spacial score (nSPS) is 10.6. The van der Waals surface area contributed by atoms with Gasteiger partial charge < -0.3 is 4.90 Å². The van der Waals surface area contributed by atoms with Crippen LogP contribution in [0.15, 0.2) is 30.3 Å². The van der Waals surface area contributed by atoms with Crippen LogP contribution in [0.4, 0.5) is 29.1 Å². The Hall–Kier alpha value is -2.11. The van der Waals surface area contributed by atoms with E-state index in [9.17, 15) is 17.6 Å². The minimum atomic E-state index is -1.38. The molecule has 2 aromatic rings. The van der Waals surface area contributed by atoms with E-state index in [1.54, 1.807) is 6.92 Å². The van der Waals surface area contributed by atoms with Crippen LogP contribution in [0.1, 0.15) is 6.92 Å². The summed E-state index contributed by atoms with van der Waals surface area (Å²) in [6.45, 7) is 1.95. The number of nitrogens with zero attached hydrogens (tertiary/aromatic N) is 2. The highest BCUT2D eigenvalue weighted by Gasteiger charge is 2.18. The Morgan fingerprint density at radius 1 is 1.00 bits per heavy atom. The molecule has 0 saturated heterocycles. The van der Waals surface area contributed by atoms with Gasteiger partial charge in [0.15, 0.2) is 17.5 Å². The number of benzene rings is 1. The molecule has 19 heavy (non-hydrogen) atoms. The lowest BCUT2D eigenvalue weighted by atomic mass is 10.2. The summed E-state index contributed by atoms with van der Waals surface area (Å²) in [4.78, 5) is 4.57. The molecule has 0 saturated carbocycles. The number of hydrogen-bond acceptors (Lipinski definition) is 2. The van der Waals surface area contributed by atoms with E-state index < -0.39 is 23.4 Å². The summed E-state index contributed by atoms with van der Waals surface area (Å²) >= 11 is 0. The molecule has 0 N–H and O–H groups in total. The quantitative estimate of drug-likeness (QED) is 0.623. The molecule has 1 aromatic carbocycles. The van der Waals surface area contributed by atoms with E-state index in [1.807, 2.05) is 0 Å². The van der Waals surface area contributed by atoms with Crippen LogP contribution in [0, 0.1) is 23.4 Å². The summed E-state index contributed by atoms with van der Waals surface area (Å²) in [5.41, 5.74) is 0.432. The molecule has 1 aromatic heterocycles. The van der Waals surface area contributed by atoms with E-state index in [0.717, 1.165) is 0 Å². The lowest BCUT2D eigenvalue weighted by Crippen LogP contribution is -2.19. The van der Waals surface area contributed by atoms with Crippen LogP contribution < -0.4 is 4.90 Å². The molecule has 0 amide bonds. The number of aromatic nitrogens is 1. The van der Waals surface area contributed by atoms with E-state index in [-0.39, 0.29) is 12.4 Å². The molecule has 0 bridgehead atoms. The molecule has 6 heteroatoms. The SMILES string of the molecule is CCN(c1ccc(F)cc1)c1nc(F)c(F)cc1F.